The van der Waals surface area contributed by atoms with Crippen molar-refractivity contribution in [3.8, 4) is 6.07 Å². The van der Waals surface area contributed by atoms with E-state index in [-0.39, 0.29) is 0 Å². The molecule has 2 heterocycles. The minimum Gasteiger partial charge on any atom is -0.324 e. The van der Waals surface area contributed by atoms with Crippen molar-refractivity contribution < 1.29 is 0 Å². The van der Waals surface area contributed by atoms with E-state index in [1.807, 2.05) is 48.5 Å². The Labute approximate surface area is 174 Å². The lowest BCUT2D eigenvalue weighted by Crippen LogP contribution is -2.08. The molecule has 0 radical (unpaired) electrons. The van der Waals surface area contributed by atoms with E-state index in [4.69, 9.17) is 10.2 Å². The van der Waals surface area contributed by atoms with E-state index >= 15 is 0 Å². The first-order valence-corrected chi connectivity index (χ1v) is 10.1. The number of nitrogens with zero attached hydrogens (tertiary/aromatic N) is 4. The molecule has 0 unspecified atom stereocenters. The molecule has 148 valence electrons. The summed E-state index contributed by atoms with van der Waals surface area (Å²) in [6.07, 6.45) is 4.13. The Morgan fingerprint density at radius 2 is 1.87 bits per heavy atom. The smallest absolute Gasteiger partial charge is 0.229 e. The molecule has 0 amide bonds. The number of fused-ring (bicyclic) bond motifs is 1. The lowest BCUT2D eigenvalue weighted by molar-refractivity contribution is 0.410. The first-order chi connectivity index (χ1) is 14.8. The van der Waals surface area contributed by atoms with Gasteiger partial charge in [0.15, 0.2) is 5.82 Å². The van der Waals surface area contributed by atoms with Gasteiger partial charge in [-0.3, -0.25) is 5.10 Å². The van der Waals surface area contributed by atoms with E-state index in [1.54, 1.807) is 0 Å². The summed E-state index contributed by atoms with van der Waals surface area (Å²) in [4.78, 5) is 9.34. The summed E-state index contributed by atoms with van der Waals surface area (Å²) in [5.74, 6) is 2.55. The molecule has 30 heavy (non-hydrogen) atoms. The van der Waals surface area contributed by atoms with Gasteiger partial charge in [-0.2, -0.15) is 15.3 Å². The minimum atomic E-state index is 0.396. The van der Waals surface area contributed by atoms with Crippen molar-refractivity contribution >= 4 is 34.2 Å². The molecule has 0 atom stereocenters. The molecule has 1 aliphatic rings. The highest BCUT2D eigenvalue weighted by Crippen LogP contribution is 2.36. The van der Waals surface area contributed by atoms with Crippen LogP contribution in [0, 0.1) is 11.3 Å². The zero-order valence-corrected chi connectivity index (χ0v) is 16.4. The van der Waals surface area contributed by atoms with Crippen LogP contribution in [0.2, 0.25) is 0 Å². The minimum absolute atomic E-state index is 0.396. The van der Waals surface area contributed by atoms with Gasteiger partial charge in [-0.15, -0.1) is 0 Å². The number of nitriles is 1. The third-order valence-corrected chi connectivity index (χ3v) is 5.49. The number of nitrogens with one attached hydrogen (secondary N) is 3. The lowest BCUT2D eigenvalue weighted by atomic mass is 9.83. The Hall–Kier alpha value is -3.92. The number of hydrogen-bond acceptors (Lipinski definition) is 6. The molecule has 1 fully saturated rings. The Morgan fingerprint density at radius 3 is 2.63 bits per heavy atom. The van der Waals surface area contributed by atoms with Gasteiger partial charge in [-0.05, 0) is 42.7 Å². The fraction of sp³-hybridized carbons (Fsp3) is 0.217. The molecule has 0 spiro atoms. The van der Waals surface area contributed by atoms with Crippen molar-refractivity contribution in [3.05, 3.63) is 65.9 Å². The highest BCUT2D eigenvalue weighted by molar-refractivity contribution is 5.91. The van der Waals surface area contributed by atoms with Crippen LogP contribution in [0.3, 0.4) is 0 Å². The molecular weight excluding hydrogens is 374 g/mol. The van der Waals surface area contributed by atoms with E-state index in [2.05, 4.69) is 38.0 Å². The summed E-state index contributed by atoms with van der Waals surface area (Å²) in [5, 5.41) is 23.9. The van der Waals surface area contributed by atoms with E-state index in [9.17, 15) is 0 Å². The van der Waals surface area contributed by atoms with Crippen LogP contribution < -0.4 is 10.6 Å². The van der Waals surface area contributed by atoms with E-state index in [0.717, 1.165) is 28.0 Å². The number of H-pyrrole nitrogens is 1. The zero-order chi connectivity index (χ0) is 20.3. The molecule has 2 aromatic carbocycles. The zero-order valence-electron chi connectivity index (χ0n) is 16.4. The fourth-order valence-electron chi connectivity index (χ4n) is 3.60. The maximum Gasteiger partial charge on any atom is 0.229 e. The van der Waals surface area contributed by atoms with Gasteiger partial charge in [0.25, 0.3) is 0 Å². The molecule has 5 rings (SSSR count). The van der Waals surface area contributed by atoms with Crippen molar-refractivity contribution in [3.63, 3.8) is 0 Å². The molecule has 7 nitrogen and oxygen atoms in total. The standard InChI is InChI=1S/C23H21N7/c24-13-12-15-8-10-17(11-9-15)25-23-26-19-7-2-1-6-18(19)22(28-23)27-21-14-20(29-30-21)16-4-3-5-16/h1-2,6-11,14,16H,3-5,12H2,(H3,25,26,27,28,29,30). The quantitative estimate of drug-likeness (QED) is 0.416. The molecule has 4 aromatic rings. The van der Waals surface area contributed by atoms with Crippen molar-refractivity contribution in [2.45, 2.75) is 31.6 Å². The van der Waals surface area contributed by atoms with Crippen LogP contribution in [0.15, 0.2) is 54.6 Å². The molecule has 7 heteroatoms. The van der Waals surface area contributed by atoms with Crippen LogP contribution in [0.4, 0.5) is 23.3 Å². The van der Waals surface area contributed by atoms with Crippen LogP contribution in [-0.4, -0.2) is 20.2 Å². The van der Waals surface area contributed by atoms with Gasteiger partial charge in [0.2, 0.25) is 5.95 Å². The summed E-state index contributed by atoms with van der Waals surface area (Å²) in [6, 6.07) is 19.8. The maximum absolute atomic E-state index is 8.83. The highest BCUT2D eigenvalue weighted by Gasteiger charge is 2.21. The number of rotatable bonds is 6. The SMILES string of the molecule is N#CCc1ccc(Nc2nc(Nc3cc(C4CCC4)[nH]n3)c3ccccc3n2)cc1. The third kappa shape index (κ3) is 3.67. The second-order valence-corrected chi connectivity index (χ2v) is 7.53. The number of para-hydroxylation sites is 1. The summed E-state index contributed by atoms with van der Waals surface area (Å²) >= 11 is 0. The van der Waals surface area contributed by atoms with E-state index < -0.39 is 0 Å². The van der Waals surface area contributed by atoms with Crippen LogP contribution in [0.1, 0.15) is 36.4 Å². The predicted octanol–water partition coefficient (Wildman–Crippen LogP) is 5.17. The number of aromatic nitrogens is 4. The monoisotopic (exact) mass is 395 g/mol. The van der Waals surface area contributed by atoms with Gasteiger partial charge in [-0.25, -0.2) is 4.98 Å². The van der Waals surface area contributed by atoms with Gasteiger partial charge in [0.1, 0.15) is 5.82 Å². The fourth-order valence-corrected chi connectivity index (χ4v) is 3.60. The Balaban J connectivity index is 1.43. The molecule has 0 aliphatic heterocycles. The molecule has 0 bridgehead atoms. The number of aromatic amines is 1. The number of benzene rings is 2. The van der Waals surface area contributed by atoms with Gasteiger partial charge < -0.3 is 10.6 Å². The molecular formula is C23H21N7. The third-order valence-electron chi connectivity index (χ3n) is 5.49. The average Bonchev–Trinajstić information content (AvgIpc) is 3.16. The lowest BCUT2D eigenvalue weighted by Gasteiger charge is -2.23. The highest BCUT2D eigenvalue weighted by atomic mass is 15.2. The molecule has 1 aliphatic carbocycles. The maximum atomic E-state index is 8.83. The van der Waals surface area contributed by atoms with E-state index in [0.29, 0.717) is 24.1 Å². The summed E-state index contributed by atoms with van der Waals surface area (Å²) in [5.41, 5.74) is 3.86. The van der Waals surface area contributed by atoms with Gasteiger partial charge in [0, 0.05) is 28.8 Å². The second-order valence-electron chi connectivity index (χ2n) is 7.53. The first-order valence-electron chi connectivity index (χ1n) is 10.1. The Kier molecular flexibility index (Phi) is 4.74. The summed E-state index contributed by atoms with van der Waals surface area (Å²) < 4.78 is 0. The second kappa shape index (κ2) is 7.84. The molecule has 1 saturated carbocycles. The van der Waals surface area contributed by atoms with Crippen LogP contribution in [0.5, 0.6) is 0 Å². The number of hydrogen-bond donors (Lipinski definition) is 3. The molecule has 0 saturated heterocycles. The van der Waals surface area contributed by atoms with Gasteiger partial charge >= 0.3 is 0 Å². The topological polar surface area (TPSA) is 102 Å². The molecule has 2 aromatic heterocycles. The Morgan fingerprint density at radius 1 is 1.03 bits per heavy atom. The van der Waals surface area contributed by atoms with Crippen LogP contribution >= 0.6 is 0 Å². The summed E-state index contributed by atoms with van der Waals surface area (Å²) in [7, 11) is 0. The van der Waals surface area contributed by atoms with Gasteiger partial charge in [0.05, 0.1) is 18.0 Å². The van der Waals surface area contributed by atoms with Crippen LogP contribution in [0.25, 0.3) is 10.9 Å². The van der Waals surface area contributed by atoms with Crippen molar-refractivity contribution in [1.29, 1.82) is 5.26 Å². The largest absolute Gasteiger partial charge is 0.324 e. The first kappa shape index (κ1) is 18.1. The van der Waals surface area contributed by atoms with Gasteiger partial charge in [-0.1, -0.05) is 30.7 Å². The number of anilines is 4. The van der Waals surface area contributed by atoms with Crippen LogP contribution in [-0.2, 0) is 6.42 Å². The normalized spacial score (nSPS) is 13.6. The molecule has 3 N–H and O–H groups in total. The predicted molar refractivity (Wildman–Crippen MR) is 117 cm³/mol. The summed E-state index contributed by atoms with van der Waals surface area (Å²) in [6.45, 7) is 0. The Bertz CT molecular complexity index is 1220. The van der Waals surface area contributed by atoms with E-state index in [1.165, 1.54) is 25.0 Å². The average molecular weight is 395 g/mol. The van der Waals surface area contributed by atoms with Crippen molar-refractivity contribution in [2.75, 3.05) is 10.6 Å². The van der Waals surface area contributed by atoms with Crippen molar-refractivity contribution in [1.82, 2.24) is 20.2 Å². The van der Waals surface area contributed by atoms with Crippen molar-refractivity contribution in [2.24, 2.45) is 0 Å².